The first-order valence-electron chi connectivity index (χ1n) is 5.74. The second kappa shape index (κ2) is 6.90. The van der Waals surface area contributed by atoms with E-state index in [0.717, 1.165) is 0 Å². The average Bonchev–Trinajstić information content (AvgIpc) is 2.47. The molecule has 0 unspecified atom stereocenters. The van der Waals surface area contributed by atoms with Crippen LogP contribution in [-0.4, -0.2) is 53.6 Å². The summed E-state index contributed by atoms with van der Waals surface area (Å²) in [5, 5.41) is 17.5. The van der Waals surface area contributed by atoms with E-state index in [1.54, 1.807) is 0 Å². The molecule has 0 aliphatic heterocycles. The van der Waals surface area contributed by atoms with Crippen molar-refractivity contribution in [3.63, 3.8) is 0 Å². The molecule has 0 saturated heterocycles. The summed E-state index contributed by atoms with van der Waals surface area (Å²) in [5.74, 6) is -2.30. The van der Waals surface area contributed by atoms with E-state index in [1.165, 1.54) is 48.5 Å². The topological polar surface area (TPSA) is 109 Å². The first-order chi connectivity index (χ1) is 9.82. The van der Waals surface area contributed by atoms with Gasteiger partial charge in [0.15, 0.2) is 0 Å². The molecular weight excluding hydrogens is 321 g/mol. The number of hydrogen-bond acceptors (Lipinski definition) is 4. The van der Waals surface area contributed by atoms with Crippen molar-refractivity contribution >= 4 is 44.8 Å². The number of hydrogen-bond donors (Lipinski definition) is 2. The van der Waals surface area contributed by atoms with E-state index >= 15 is 0 Å². The Morgan fingerprint density at radius 1 is 0.727 bits per heavy atom. The van der Waals surface area contributed by atoms with E-state index in [4.69, 9.17) is 10.2 Å². The fourth-order valence-electron chi connectivity index (χ4n) is 1.69. The van der Waals surface area contributed by atoms with Crippen LogP contribution >= 0.6 is 0 Å². The fraction of sp³-hybridized carbons (Fsp3) is 0. The number of rotatable bonds is 4. The summed E-state index contributed by atoms with van der Waals surface area (Å²) in [5.41, 5.74) is -0.0367. The molecule has 112 valence electrons. The molecule has 0 amide bonds. The van der Waals surface area contributed by atoms with E-state index in [0.29, 0.717) is 0 Å². The van der Waals surface area contributed by atoms with Gasteiger partial charge in [-0.3, -0.25) is 0 Å². The van der Waals surface area contributed by atoms with Crippen molar-refractivity contribution in [1.29, 1.82) is 0 Å². The van der Waals surface area contributed by atoms with Gasteiger partial charge >= 0.3 is 35.0 Å². The van der Waals surface area contributed by atoms with E-state index in [9.17, 15) is 18.0 Å². The van der Waals surface area contributed by atoms with Gasteiger partial charge in [-0.2, -0.15) is 0 Å². The molecule has 0 spiro atoms. The van der Waals surface area contributed by atoms with Gasteiger partial charge in [-0.05, 0) is 48.5 Å². The largest absolute Gasteiger partial charge is 2.00 e. The van der Waals surface area contributed by atoms with Gasteiger partial charge in [0.1, 0.15) is 0 Å². The monoisotopic (exact) mass is 332 g/mol. The summed E-state index contributed by atoms with van der Waals surface area (Å²) < 4.78 is 24.6. The molecule has 22 heavy (non-hydrogen) atoms. The number of aromatic carboxylic acids is 2. The smallest absolute Gasteiger partial charge is 1.00 e. The molecule has 8 heteroatoms. The van der Waals surface area contributed by atoms with Crippen molar-refractivity contribution in [3.8, 4) is 0 Å². The number of benzene rings is 2. The maximum absolute atomic E-state index is 12.3. The maximum Gasteiger partial charge on any atom is 2.00 e. The summed E-state index contributed by atoms with van der Waals surface area (Å²) in [6.07, 6.45) is 0. The Labute approximate surface area is 145 Å². The molecule has 2 N–H and O–H groups in total. The second-order valence-corrected chi connectivity index (χ2v) is 6.11. The van der Waals surface area contributed by atoms with Gasteiger partial charge in [-0.1, -0.05) is 0 Å². The Kier molecular flexibility index (Phi) is 5.69. The van der Waals surface area contributed by atoms with Gasteiger partial charge < -0.3 is 13.1 Å². The zero-order chi connectivity index (χ0) is 15.6. The minimum absolute atomic E-state index is 0. The molecular formula is C14H12MgO6S. The summed E-state index contributed by atoms with van der Waals surface area (Å²) in [6, 6.07) is 9.57. The molecule has 0 atom stereocenters. The van der Waals surface area contributed by atoms with Crippen LogP contribution in [0, 0.1) is 0 Å². The molecule has 2 aromatic carbocycles. The fourth-order valence-corrected chi connectivity index (χ4v) is 2.95. The van der Waals surface area contributed by atoms with Gasteiger partial charge in [-0.25, -0.2) is 18.0 Å². The second-order valence-electron chi connectivity index (χ2n) is 4.16. The van der Waals surface area contributed by atoms with Crippen molar-refractivity contribution in [2.24, 2.45) is 0 Å². The summed E-state index contributed by atoms with van der Waals surface area (Å²) in [6.45, 7) is 0. The van der Waals surface area contributed by atoms with Crippen molar-refractivity contribution < 1.29 is 31.1 Å². The molecule has 0 aliphatic carbocycles. The SMILES string of the molecule is O=C(O)c1ccc(S(=O)(=O)c2ccc(C(=O)O)cc2)cc1.[H-].[H-].[Mg+2]. The first-order valence-corrected chi connectivity index (χ1v) is 7.22. The zero-order valence-corrected chi connectivity index (χ0v) is 13.5. The molecule has 2 aromatic rings. The Morgan fingerprint density at radius 2 is 1.00 bits per heavy atom. The third kappa shape index (κ3) is 3.64. The van der Waals surface area contributed by atoms with E-state index < -0.39 is 21.8 Å². The van der Waals surface area contributed by atoms with Crippen molar-refractivity contribution in [2.75, 3.05) is 0 Å². The minimum atomic E-state index is -3.81. The number of carboxylic acid groups (broad SMARTS) is 2. The standard InChI is InChI=1S/C14H10O6S.Mg.2H/c15-13(16)9-1-5-11(6-2-9)21(19,20)12-7-3-10(4-8-12)14(17)18;;;/h1-8H,(H,15,16)(H,17,18);;;/q;+2;2*-1. The quantitative estimate of drug-likeness (QED) is 0.826. The molecule has 0 heterocycles. The first kappa shape index (κ1) is 18.1. The maximum atomic E-state index is 12.3. The molecule has 0 aliphatic rings. The van der Waals surface area contributed by atoms with Crippen LogP contribution in [0.5, 0.6) is 0 Å². The van der Waals surface area contributed by atoms with Crippen LogP contribution < -0.4 is 0 Å². The van der Waals surface area contributed by atoms with Crippen molar-refractivity contribution in [3.05, 3.63) is 59.7 Å². The minimum Gasteiger partial charge on any atom is -1.00 e. The van der Waals surface area contributed by atoms with Crippen LogP contribution in [-0.2, 0) is 9.84 Å². The average molecular weight is 333 g/mol. The van der Waals surface area contributed by atoms with E-state index in [1.807, 2.05) is 0 Å². The molecule has 6 nitrogen and oxygen atoms in total. The molecule has 0 radical (unpaired) electrons. The van der Waals surface area contributed by atoms with Crippen LogP contribution in [0.3, 0.4) is 0 Å². The molecule has 0 aromatic heterocycles. The van der Waals surface area contributed by atoms with Crippen LogP contribution in [0.25, 0.3) is 0 Å². The summed E-state index contributed by atoms with van der Waals surface area (Å²) in [7, 11) is -3.81. The molecule has 0 fully saturated rings. The number of sulfone groups is 1. The number of carbonyl (C=O) groups is 2. The van der Waals surface area contributed by atoms with Crippen LogP contribution in [0.1, 0.15) is 23.6 Å². The Morgan fingerprint density at radius 3 is 1.23 bits per heavy atom. The van der Waals surface area contributed by atoms with Gasteiger partial charge in [0.05, 0.1) is 20.9 Å². The predicted molar refractivity (Wildman–Crippen MR) is 80.2 cm³/mol. The van der Waals surface area contributed by atoms with Crippen LogP contribution in [0.2, 0.25) is 0 Å². The van der Waals surface area contributed by atoms with Crippen LogP contribution in [0.15, 0.2) is 58.3 Å². The number of carboxylic acids is 2. The Bertz CT molecular complexity index is 741. The molecule has 0 bridgehead atoms. The van der Waals surface area contributed by atoms with Gasteiger partial charge in [0.2, 0.25) is 9.84 Å². The van der Waals surface area contributed by atoms with E-state index in [-0.39, 0.29) is 46.8 Å². The Hall–Kier alpha value is -1.90. The Balaban J connectivity index is 0. The van der Waals surface area contributed by atoms with Gasteiger partial charge in [-0.15, -0.1) is 0 Å². The molecule has 0 saturated carbocycles. The van der Waals surface area contributed by atoms with Gasteiger partial charge in [0, 0.05) is 0 Å². The summed E-state index contributed by atoms with van der Waals surface area (Å²) in [4.78, 5) is 21.3. The van der Waals surface area contributed by atoms with E-state index in [2.05, 4.69) is 0 Å². The van der Waals surface area contributed by atoms with Crippen molar-refractivity contribution in [2.45, 2.75) is 9.79 Å². The predicted octanol–water partition coefficient (Wildman–Crippen LogP) is 1.76. The third-order valence-electron chi connectivity index (χ3n) is 2.82. The van der Waals surface area contributed by atoms with Crippen LogP contribution in [0.4, 0.5) is 0 Å². The summed E-state index contributed by atoms with van der Waals surface area (Å²) >= 11 is 0. The zero-order valence-electron chi connectivity index (χ0n) is 13.3. The normalized spacial score (nSPS) is 10.5. The third-order valence-corrected chi connectivity index (χ3v) is 4.61. The van der Waals surface area contributed by atoms with Gasteiger partial charge in [0.25, 0.3) is 0 Å². The van der Waals surface area contributed by atoms with Crippen molar-refractivity contribution in [1.82, 2.24) is 0 Å². The molecule has 2 rings (SSSR count).